The molecule has 0 saturated carbocycles. The summed E-state index contributed by atoms with van der Waals surface area (Å²) in [5, 5.41) is 2.87. The molecule has 1 aliphatic heterocycles. The van der Waals surface area contributed by atoms with Crippen molar-refractivity contribution in [2.45, 2.75) is 17.9 Å². The van der Waals surface area contributed by atoms with Crippen molar-refractivity contribution in [3.05, 3.63) is 82.4 Å². The van der Waals surface area contributed by atoms with Gasteiger partial charge in [-0.25, -0.2) is 8.42 Å². The maximum atomic E-state index is 13.3. The van der Waals surface area contributed by atoms with Gasteiger partial charge < -0.3 is 14.8 Å². The summed E-state index contributed by atoms with van der Waals surface area (Å²) in [5.41, 5.74) is 2.60. The van der Waals surface area contributed by atoms with E-state index in [1.54, 1.807) is 18.2 Å². The van der Waals surface area contributed by atoms with Crippen molar-refractivity contribution in [2.24, 2.45) is 0 Å². The fourth-order valence-corrected chi connectivity index (χ4v) is 5.39. The smallest absolute Gasteiger partial charge is 0.257 e. The Labute approximate surface area is 197 Å². The van der Waals surface area contributed by atoms with E-state index in [1.165, 1.54) is 36.7 Å². The lowest BCUT2D eigenvalue weighted by Gasteiger charge is -2.28. The van der Waals surface area contributed by atoms with Crippen molar-refractivity contribution in [3.63, 3.8) is 0 Å². The molecule has 1 heterocycles. The van der Waals surface area contributed by atoms with Crippen LogP contribution < -0.4 is 14.8 Å². The summed E-state index contributed by atoms with van der Waals surface area (Å²) in [7, 11) is -0.808. The molecular weight excluding hydrogens is 464 g/mol. The Morgan fingerprint density at radius 3 is 2.30 bits per heavy atom. The van der Waals surface area contributed by atoms with Crippen LogP contribution in [0.5, 0.6) is 11.5 Å². The van der Waals surface area contributed by atoms with E-state index in [0.717, 1.165) is 11.1 Å². The van der Waals surface area contributed by atoms with Gasteiger partial charge in [-0.2, -0.15) is 4.31 Å². The molecule has 172 valence electrons. The quantitative estimate of drug-likeness (QED) is 0.559. The first-order valence-electron chi connectivity index (χ1n) is 10.2. The molecule has 0 atom stereocenters. The number of amides is 1. The molecular formula is C24H23ClN2O5S. The first-order chi connectivity index (χ1) is 15.8. The highest BCUT2D eigenvalue weighted by atomic mass is 35.5. The number of sulfonamides is 1. The van der Waals surface area contributed by atoms with Gasteiger partial charge in [0.15, 0.2) is 0 Å². The third-order valence-corrected chi connectivity index (χ3v) is 7.70. The lowest BCUT2D eigenvalue weighted by Crippen LogP contribution is -2.36. The molecule has 0 aliphatic carbocycles. The van der Waals surface area contributed by atoms with Crippen molar-refractivity contribution < 1.29 is 22.7 Å². The van der Waals surface area contributed by atoms with Crippen LogP contribution in [0.25, 0.3) is 0 Å². The van der Waals surface area contributed by atoms with Crippen LogP contribution in [0, 0.1) is 0 Å². The molecule has 4 rings (SSSR count). The second-order valence-electron chi connectivity index (χ2n) is 7.55. The fourth-order valence-electron chi connectivity index (χ4n) is 3.74. The van der Waals surface area contributed by atoms with Gasteiger partial charge >= 0.3 is 0 Å². The zero-order valence-corrected chi connectivity index (χ0v) is 19.7. The first kappa shape index (κ1) is 23.1. The van der Waals surface area contributed by atoms with Crippen molar-refractivity contribution in [2.75, 3.05) is 26.1 Å². The Kier molecular flexibility index (Phi) is 6.60. The van der Waals surface area contributed by atoms with Gasteiger partial charge in [0.05, 0.1) is 29.7 Å². The maximum absolute atomic E-state index is 13.3. The third kappa shape index (κ3) is 4.83. The third-order valence-electron chi connectivity index (χ3n) is 5.53. The topological polar surface area (TPSA) is 84.9 Å². The number of ether oxygens (including phenoxy) is 2. The SMILES string of the molecule is COc1cc(NC(=O)c2cc(S(=O)(=O)N3CCc4ccccc4C3)ccc2Cl)cc(OC)c1. The lowest BCUT2D eigenvalue weighted by molar-refractivity contribution is 0.102. The minimum Gasteiger partial charge on any atom is -0.497 e. The Hall–Kier alpha value is -3.07. The zero-order chi connectivity index (χ0) is 23.6. The van der Waals surface area contributed by atoms with E-state index >= 15 is 0 Å². The number of methoxy groups -OCH3 is 2. The Morgan fingerprint density at radius 2 is 1.64 bits per heavy atom. The van der Waals surface area contributed by atoms with E-state index in [4.69, 9.17) is 21.1 Å². The van der Waals surface area contributed by atoms with E-state index in [2.05, 4.69) is 5.32 Å². The summed E-state index contributed by atoms with van der Waals surface area (Å²) in [5.74, 6) is 0.450. The predicted molar refractivity (Wildman–Crippen MR) is 127 cm³/mol. The summed E-state index contributed by atoms with van der Waals surface area (Å²) in [6.07, 6.45) is 0.633. The second kappa shape index (κ2) is 9.43. The number of halogens is 1. The average Bonchev–Trinajstić information content (AvgIpc) is 2.83. The van der Waals surface area contributed by atoms with Gasteiger partial charge in [0.25, 0.3) is 5.91 Å². The van der Waals surface area contributed by atoms with Crippen molar-refractivity contribution >= 4 is 33.2 Å². The van der Waals surface area contributed by atoms with Gasteiger partial charge in [0, 0.05) is 37.0 Å². The zero-order valence-electron chi connectivity index (χ0n) is 18.2. The fraction of sp³-hybridized carbons (Fsp3) is 0.208. The number of carbonyl (C=O) groups excluding carboxylic acids is 1. The molecule has 0 bridgehead atoms. The number of nitrogens with zero attached hydrogens (tertiary/aromatic N) is 1. The average molecular weight is 487 g/mol. The summed E-state index contributed by atoms with van der Waals surface area (Å²) in [4.78, 5) is 13.0. The molecule has 0 spiro atoms. The summed E-state index contributed by atoms with van der Waals surface area (Å²) < 4.78 is 38.5. The van der Waals surface area contributed by atoms with Crippen LogP contribution in [0.15, 0.2) is 65.6 Å². The van der Waals surface area contributed by atoms with E-state index in [1.807, 2.05) is 24.3 Å². The summed E-state index contributed by atoms with van der Waals surface area (Å²) >= 11 is 6.26. The number of hydrogen-bond acceptors (Lipinski definition) is 5. The van der Waals surface area contributed by atoms with Crippen LogP contribution in [0.3, 0.4) is 0 Å². The second-order valence-corrected chi connectivity index (χ2v) is 9.90. The molecule has 9 heteroatoms. The molecule has 1 aliphatic rings. The molecule has 3 aromatic rings. The van der Waals surface area contributed by atoms with Crippen molar-refractivity contribution in [1.29, 1.82) is 0 Å². The highest BCUT2D eigenvalue weighted by Gasteiger charge is 2.29. The number of hydrogen-bond donors (Lipinski definition) is 1. The number of rotatable bonds is 6. The van der Waals surface area contributed by atoms with Gasteiger partial charge in [-0.1, -0.05) is 35.9 Å². The van der Waals surface area contributed by atoms with Crippen molar-refractivity contribution in [1.82, 2.24) is 4.31 Å². The van der Waals surface area contributed by atoms with Crippen LogP contribution >= 0.6 is 11.6 Å². The normalized spacial score (nSPS) is 13.8. The van der Waals surface area contributed by atoms with Crippen LogP contribution in [-0.2, 0) is 23.0 Å². The molecule has 0 aromatic heterocycles. The number of carbonyl (C=O) groups is 1. The number of anilines is 1. The van der Waals surface area contributed by atoms with Gasteiger partial charge in [-0.05, 0) is 35.7 Å². The molecule has 33 heavy (non-hydrogen) atoms. The standard InChI is InChI=1S/C24H23ClN2O5S/c1-31-19-11-18(12-20(13-19)32-2)26-24(28)22-14-21(7-8-23(22)25)33(29,30)27-10-9-16-5-3-4-6-17(16)15-27/h3-8,11-14H,9-10,15H2,1-2H3,(H,26,28). The monoisotopic (exact) mass is 486 g/mol. The molecule has 3 aromatic carbocycles. The molecule has 7 nitrogen and oxygen atoms in total. The lowest BCUT2D eigenvalue weighted by atomic mass is 10.0. The summed E-state index contributed by atoms with van der Waals surface area (Å²) in [6, 6.07) is 16.9. The van der Waals surface area contributed by atoms with E-state index < -0.39 is 15.9 Å². The number of fused-ring (bicyclic) bond motifs is 1. The minimum absolute atomic E-state index is 0.0136. The maximum Gasteiger partial charge on any atom is 0.257 e. The van der Waals surface area contributed by atoms with Gasteiger partial charge in [-0.15, -0.1) is 0 Å². The molecule has 0 unspecified atom stereocenters. The van der Waals surface area contributed by atoms with Gasteiger partial charge in [-0.3, -0.25) is 4.79 Å². The highest BCUT2D eigenvalue weighted by molar-refractivity contribution is 7.89. The predicted octanol–water partition coefficient (Wildman–Crippen LogP) is 4.36. The molecule has 1 N–H and O–H groups in total. The van der Waals surface area contributed by atoms with Crippen LogP contribution in [0.2, 0.25) is 5.02 Å². The Bertz CT molecular complexity index is 1290. The Balaban J connectivity index is 1.61. The first-order valence-corrected chi connectivity index (χ1v) is 12.0. The van der Waals surface area contributed by atoms with Crippen molar-refractivity contribution in [3.8, 4) is 11.5 Å². The minimum atomic E-state index is -3.82. The van der Waals surface area contributed by atoms with Crippen LogP contribution in [0.1, 0.15) is 21.5 Å². The largest absolute Gasteiger partial charge is 0.497 e. The van der Waals surface area contributed by atoms with Gasteiger partial charge in [0.1, 0.15) is 11.5 Å². The van der Waals surface area contributed by atoms with E-state index in [-0.39, 0.29) is 22.0 Å². The molecule has 0 radical (unpaired) electrons. The van der Waals surface area contributed by atoms with E-state index in [9.17, 15) is 13.2 Å². The number of benzene rings is 3. The Morgan fingerprint density at radius 1 is 0.970 bits per heavy atom. The highest BCUT2D eigenvalue weighted by Crippen LogP contribution is 2.29. The van der Waals surface area contributed by atoms with Crippen LogP contribution in [-0.4, -0.2) is 39.4 Å². The summed E-state index contributed by atoms with van der Waals surface area (Å²) in [6.45, 7) is 0.652. The van der Waals surface area contributed by atoms with E-state index in [0.29, 0.717) is 30.2 Å². The molecule has 0 saturated heterocycles. The number of nitrogens with one attached hydrogen (secondary N) is 1. The van der Waals surface area contributed by atoms with Crippen LogP contribution in [0.4, 0.5) is 5.69 Å². The van der Waals surface area contributed by atoms with Gasteiger partial charge in [0.2, 0.25) is 10.0 Å². The molecule has 0 fully saturated rings. The molecule has 1 amide bonds.